The molecule has 0 bridgehead atoms. The van der Waals surface area contributed by atoms with E-state index < -0.39 is 0 Å². The third-order valence-corrected chi connectivity index (χ3v) is 2.12. The minimum Gasteiger partial charge on any atom is -0.316 e. The van der Waals surface area contributed by atoms with Crippen molar-refractivity contribution >= 4 is 0 Å². The van der Waals surface area contributed by atoms with Gasteiger partial charge in [0.05, 0.1) is 0 Å². The van der Waals surface area contributed by atoms with Crippen molar-refractivity contribution in [2.24, 2.45) is 5.41 Å². The van der Waals surface area contributed by atoms with E-state index in [1.54, 1.807) is 0 Å². The Kier molecular flexibility index (Phi) is 1.91. The van der Waals surface area contributed by atoms with Gasteiger partial charge < -0.3 is 5.32 Å². The van der Waals surface area contributed by atoms with E-state index in [1.807, 2.05) is 0 Å². The average Bonchev–Trinajstić information content (AvgIpc) is 1.90. The number of piperidine rings is 1. The second-order valence-electron chi connectivity index (χ2n) is 3.14. The van der Waals surface area contributed by atoms with Gasteiger partial charge in [0.15, 0.2) is 0 Å². The third-order valence-electron chi connectivity index (χ3n) is 2.12. The highest BCUT2D eigenvalue weighted by Crippen LogP contribution is 2.25. The molecule has 1 saturated heterocycles. The van der Waals surface area contributed by atoms with Crippen LogP contribution >= 0.6 is 0 Å². The Balaban J connectivity index is 2.46. The van der Waals surface area contributed by atoms with Crippen LogP contribution in [0.5, 0.6) is 0 Å². The molecule has 0 amide bonds. The molecule has 9 heavy (non-hydrogen) atoms. The molecule has 1 aliphatic heterocycles. The van der Waals surface area contributed by atoms with Crippen LogP contribution < -0.4 is 5.32 Å². The lowest BCUT2D eigenvalue weighted by Gasteiger charge is -2.30. The summed E-state index contributed by atoms with van der Waals surface area (Å²) in [5.74, 6) is 0. The zero-order valence-corrected chi connectivity index (χ0v) is 6.11. The number of hydrogen-bond acceptors (Lipinski definition) is 1. The van der Waals surface area contributed by atoms with Crippen molar-refractivity contribution in [2.45, 2.75) is 19.8 Å². The van der Waals surface area contributed by atoms with Crippen LogP contribution in [-0.2, 0) is 0 Å². The maximum Gasteiger partial charge on any atom is 0.00398 e. The minimum atomic E-state index is 0.373. The molecule has 0 aliphatic carbocycles. The lowest BCUT2D eigenvalue weighted by Crippen LogP contribution is -2.36. The van der Waals surface area contributed by atoms with Gasteiger partial charge in [0.1, 0.15) is 0 Å². The Labute approximate surface area is 57.1 Å². The predicted octanol–water partition coefficient (Wildman–Crippen LogP) is 1.56. The molecule has 1 N–H and O–H groups in total. The first-order valence-corrected chi connectivity index (χ1v) is 3.61. The number of nitrogens with one attached hydrogen (secondary N) is 1. The van der Waals surface area contributed by atoms with E-state index in [-0.39, 0.29) is 0 Å². The molecule has 1 nitrogen and oxygen atoms in total. The second kappa shape index (κ2) is 2.53. The molecule has 0 aromatic carbocycles. The van der Waals surface area contributed by atoms with Crippen molar-refractivity contribution in [3.05, 3.63) is 12.7 Å². The minimum absolute atomic E-state index is 0.373. The van der Waals surface area contributed by atoms with Crippen LogP contribution in [0, 0.1) is 5.41 Å². The van der Waals surface area contributed by atoms with Crippen LogP contribution in [0.2, 0.25) is 0 Å². The summed E-state index contributed by atoms with van der Waals surface area (Å²) in [6.45, 7) is 8.36. The molecule has 0 radical (unpaired) electrons. The first kappa shape index (κ1) is 6.81. The van der Waals surface area contributed by atoms with Crippen LogP contribution in [0.3, 0.4) is 0 Å². The Hall–Kier alpha value is -0.300. The summed E-state index contributed by atoms with van der Waals surface area (Å²) in [6.07, 6.45) is 4.66. The van der Waals surface area contributed by atoms with E-state index >= 15 is 0 Å². The highest BCUT2D eigenvalue weighted by Gasteiger charge is 2.21. The van der Waals surface area contributed by atoms with E-state index in [0.29, 0.717) is 5.41 Å². The molecular formula is C8H15N. The summed E-state index contributed by atoms with van der Waals surface area (Å²) in [7, 11) is 0. The largest absolute Gasteiger partial charge is 0.316 e. The molecule has 1 heteroatoms. The van der Waals surface area contributed by atoms with Crippen molar-refractivity contribution in [2.75, 3.05) is 13.1 Å². The molecule has 52 valence electrons. The molecule has 0 spiro atoms. The number of rotatable bonds is 1. The fourth-order valence-electron chi connectivity index (χ4n) is 1.25. The van der Waals surface area contributed by atoms with Gasteiger partial charge in [0.2, 0.25) is 0 Å². The summed E-state index contributed by atoms with van der Waals surface area (Å²) in [6, 6.07) is 0. The monoisotopic (exact) mass is 125 g/mol. The Bertz CT molecular complexity index is 101. The lowest BCUT2D eigenvalue weighted by atomic mass is 9.83. The SMILES string of the molecule is C=C[C@@]1(C)CCCNC1. The first-order chi connectivity index (χ1) is 4.27. The van der Waals surface area contributed by atoms with Gasteiger partial charge >= 0.3 is 0 Å². The van der Waals surface area contributed by atoms with Crippen LogP contribution in [0.1, 0.15) is 19.8 Å². The summed E-state index contributed by atoms with van der Waals surface area (Å²) >= 11 is 0. The van der Waals surface area contributed by atoms with E-state index in [0.717, 1.165) is 6.54 Å². The standard InChI is InChI=1S/C8H15N/c1-3-8(2)5-4-6-9-7-8/h3,9H,1,4-7H2,2H3/t8-/m0/s1. The van der Waals surface area contributed by atoms with Gasteiger partial charge in [-0.1, -0.05) is 13.0 Å². The first-order valence-electron chi connectivity index (χ1n) is 3.61. The highest BCUT2D eigenvalue weighted by atomic mass is 14.9. The van der Waals surface area contributed by atoms with Crippen LogP contribution in [0.4, 0.5) is 0 Å². The van der Waals surface area contributed by atoms with E-state index in [9.17, 15) is 0 Å². The normalized spacial score (nSPS) is 36.1. The zero-order valence-electron chi connectivity index (χ0n) is 6.11. The summed E-state index contributed by atoms with van der Waals surface area (Å²) in [5, 5.41) is 3.36. The number of hydrogen-bond donors (Lipinski definition) is 1. The maximum atomic E-state index is 3.82. The van der Waals surface area contributed by atoms with E-state index in [4.69, 9.17) is 0 Å². The van der Waals surface area contributed by atoms with Gasteiger partial charge in [0, 0.05) is 6.54 Å². The zero-order chi connectivity index (χ0) is 6.74. The summed E-state index contributed by atoms with van der Waals surface area (Å²) in [4.78, 5) is 0. The molecule has 1 atom stereocenters. The second-order valence-corrected chi connectivity index (χ2v) is 3.14. The van der Waals surface area contributed by atoms with Gasteiger partial charge in [-0.15, -0.1) is 6.58 Å². The summed E-state index contributed by atoms with van der Waals surface area (Å²) < 4.78 is 0. The Morgan fingerprint density at radius 3 is 2.78 bits per heavy atom. The molecule has 1 heterocycles. The molecule has 1 aliphatic rings. The van der Waals surface area contributed by atoms with Crippen LogP contribution in [0.25, 0.3) is 0 Å². The Morgan fingerprint density at radius 1 is 1.67 bits per heavy atom. The fraction of sp³-hybridized carbons (Fsp3) is 0.750. The molecule has 0 aromatic heterocycles. The van der Waals surface area contributed by atoms with Crippen molar-refractivity contribution in [3.63, 3.8) is 0 Å². The van der Waals surface area contributed by atoms with Crippen molar-refractivity contribution in [1.82, 2.24) is 5.32 Å². The van der Waals surface area contributed by atoms with Gasteiger partial charge in [0.25, 0.3) is 0 Å². The van der Waals surface area contributed by atoms with Gasteiger partial charge in [-0.05, 0) is 24.8 Å². The van der Waals surface area contributed by atoms with Crippen LogP contribution in [-0.4, -0.2) is 13.1 Å². The molecule has 0 unspecified atom stereocenters. The average molecular weight is 125 g/mol. The van der Waals surface area contributed by atoms with Crippen molar-refractivity contribution in [1.29, 1.82) is 0 Å². The lowest BCUT2D eigenvalue weighted by molar-refractivity contribution is 0.307. The Morgan fingerprint density at radius 2 is 2.44 bits per heavy atom. The molecule has 1 fully saturated rings. The molecule has 1 rings (SSSR count). The van der Waals surface area contributed by atoms with E-state index in [1.165, 1.54) is 19.4 Å². The van der Waals surface area contributed by atoms with Gasteiger partial charge in [-0.3, -0.25) is 0 Å². The van der Waals surface area contributed by atoms with Crippen molar-refractivity contribution in [3.8, 4) is 0 Å². The van der Waals surface area contributed by atoms with Gasteiger partial charge in [-0.2, -0.15) is 0 Å². The topological polar surface area (TPSA) is 12.0 Å². The summed E-state index contributed by atoms with van der Waals surface area (Å²) in [5.41, 5.74) is 0.373. The smallest absolute Gasteiger partial charge is 0.00398 e. The quantitative estimate of drug-likeness (QED) is 0.524. The third kappa shape index (κ3) is 1.55. The molecular weight excluding hydrogens is 110 g/mol. The van der Waals surface area contributed by atoms with Crippen LogP contribution in [0.15, 0.2) is 12.7 Å². The highest BCUT2D eigenvalue weighted by molar-refractivity contribution is 4.94. The van der Waals surface area contributed by atoms with E-state index in [2.05, 4.69) is 24.9 Å². The maximum absolute atomic E-state index is 3.82. The molecule has 0 saturated carbocycles. The molecule has 0 aromatic rings. The van der Waals surface area contributed by atoms with Crippen molar-refractivity contribution < 1.29 is 0 Å². The predicted molar refractivity (Wildman–Crippen MR) is 40.4 cm³/mol. The fourth-order valence-corrected chi connectivity index (χ4v) is 1.25. The van der Waals surface area contributed by atoms with Gasteiger partial charge in [-0.25, -0.2) is 0 Å².